The van der Waals surface area contributed by atoms with Gasteiger partial charge in [0.25, 0.3) is 0 Å². The molecule has 1 amide bonds. The van der Waals surface area contributed by atoms with Crippen LogP contribution in [-0.4, -0.2) is 23.9 Å². The Morgan fingerprint density at radius 3 is 2.88 bits per heavy atom. The highest BCUT2D eigenvalue weighted by Crippen LogP contribution is 2.17. The molecule has 1 unspecified atom stereocenters. The summed E-state index contributed by atoms with van der Waals surface area (Å²) in [6.07, 6.45) is 0.796. The van der Waals surface area contributed by atoms with E-state index in [1.807, 2.05) is 0 Å². The molecule has 1 aliphatic heterocycles. The van der Waals surface area contributed by atoms with Crippen molar-refractivity contribution in [3.8, 4) is 6.07 Å². The van der Waals surface area contributed by atoms with E-state index in [0.29, 0.717) is 31.5 Å². The molecule has 0 bridgehead atoms. The summed E-state index contributed by atoms with van der Waals surface area (Å²) in [6, 6.07) is 8.66. The van der Waals surface area contributed by atoms with Crippen LogP contribution in [0.15, 0.2) is 24.3 Å². The minimum absolute atomic E-state index is 0.00658. The zero-order chi connectivity index (χ0) is 12.3. The zero-order valence-corrected chi connectivity index (χ0v) is 9.40. The number of benzene rings is 1. The van der Waals surface area contributed by atoms with Gasteiger partial charge in [-0.25, -0.2) is 4.39 Å². The molecule has 1 heterocycles. The third-order valence-electron chi connectivity index (χ3n) is 3.01. The standard InChI is InChI=1S/C13H13FN2O/c14-12-4-2-1-3-11(12)5-6-16-9-10(8-15)7-13(16)17/h1-4,10H,5-7,9H2. The highest BCUT2D eigenvalue weighted by Gasteiger charge is 2.28. The monoisotopic (exact) mass is 232 g/mol. The van der Waals surface area contributed by atoms with Crippen LogP contribution in [0.2, 0.25) is 0 Å². The van der Waals surface area contributed by atoms with Gasteiger partial charge in [-0.2, -0.15) is 5.26 Å². The lowest BCUT2D eigenvalue weighted by atomic mass is 10.1. The fourth-order valence-electron chi connectivity index (χ4n) is 2.03. The van der Waals surface area contributed by atoms with Crippen LogP contribution in [0, 0.1) is 23.1 Å². The van der Waals surface area contributed by atoms with Gasteiger partial charge in [-0.3, -0.25) is 4.79 Å². The van der Waals surface area contributed by atoms with E-state index in [1.165, 1.54) is 6.07 Å². The number of hydrogen-bond donors (Lipinski definition) is 0. The van der Waals surface area contributed by atoms with E-state index in [4.69, 9.17) is 5.26 Å². The Morgan fingerprint density at radius 2 is 2.24 bits per heavy atom. The maximum atomic E-state index is 13.3. The highest BCUT2D eigenvalue weighted by molar-refractivity contribution is 5.79. The predicted molar refractivity (Wildman–Crippen MR) is 60.4 cm³/mol. The van der Waals surface area contributed by atoms with Crippen LogP contribution in [0.1, 0.15) is 12.0 Å². The largest absolute Gasteiger partial charge is 0.341 e. The van der Waals surface area contributed by atoms with Crippen LogP contribution < -0.4 is 0 Å². The summed E-state index contributed by atoms with van der Waals surface area (Å²) in [7, 11) is 0. The first-order valence-corrected chi connectivity index (χ1v) is 5.61. The van der Waals surface area contributed by atoms with Crippen molar-refractivity contribution in [3.63, 3.8) is 0 Å². The van der Waals surface area contributed by atoms with E-state index in [0.717, 1.165) is 0 Å². The molecule has 0 spiro atoms. The van der Waals surface area contributed by atoms with Gasteiger partial charge in [-0.15, -0.1) is 0 Å². The van der Waals surface area contributed by atoms with Crippen LogP contribution in [0.3, 0.4) is 0 Å². The summed E-state index contributed by atoms with van der Waals surface area (Å²) in [5, 5.41) is 8.74. The summed E-state index contributed by atoms with van der Waals surface area (Å²) in [6.45, 7) is 0.960. The Kier molecular flexibility index (Phi) is 3.38. The normalized spacial score (nSPS) is 19.4. The van der Waals surface area contributed by atoms with Gasteiger partial charge >= 0.3 is 0 Å². The summed E-state index contributed by atoms with van der Waals surface area (Å²) in [4.78, 5) is 13.2. The number of hydrogen-bond acceptors (Lipinski definition) is 2. The number of halogens is 1. The van der Waals surface area contributed by atoms with Gasteiger partial charge in [0.2, 0.25) is 5.91 Å². The number of rotatable bonds is 3. The molecule has 1 atom stereocenters. The second-order valence-electron chi connectivity index (χ2n) is 4.21. The Labute approximate surface area is 99.5 Å². The van der Waals surface area contributed by atoms with Crippen LogP contribution in [0.5, 0.6) is 0 Å². The third-order valence-corrected chi connectivity index (χ3v) is 3.01. The summed E-state index contributed by atoms with van der Waals surface area (Å²) in [5.74, 6) is -0.452. The van der Waals surface area contributed by atoms with Crippen molar-refractivity contribution in [1.82, 2.24) is 4.90 Å². The quantitative estimate of drug-likeness (QED) is 0.796. The molecule has 1 saturated heterocycles. The van der Waals surface area contributed by atoms with Crippen LogP contribution >= 0.6 is 0 Å². The Bertz CT molecular complexity index is 467. The molecule has 1 aliphatic rings. The molecular weight excluding hydrogens is 219 g/mol. The van der Waals surface area contributed by atoms with E-state index in [2.05, 4.69) is 6.07 Å². The Hall–Kier alpha value is -1.89. The molecule has 0 N–H and O–H groups in total. The predicted octanol–water partition coefficient (Wildman–Crippen LogP) is 1.74. The fraction of sp³-hybridized carbons (Fsp3) is 0.385. The smallest absolute Gasteiger partial charge is 0.224 e. The Morgan fingerprint density at radius 1 is 1.47 bits per heavy atom. The molecule has 17 heavy (non-hydrogen) atoms. The first-order chi connectivity index (χ1) is 8.20. The van der Waals surface area contributed by atoms with Crippen molar-refractivity contribution in [2.45, 2.75) is 12.8 Å². The van der Waals surface area contributed by atoms with E-state index >= 15 is 0 Å². The number of amides is 1. The molecule has 0 radical (unpaired) electrons. The van der Waals surface area contributed by atoms with Gasteiger partial charge in [-0.1, -0.05) is 18.2 Å². The maximum absolute atomic E-state index is 13.3. The highest BCUT2D eigenvalue weighted by atomic mass is 19.1. The number of nitriles is 1. The van der Waals surface area contributed by atoms with Gasteiger partial charge < -0.3 is 4.90 Å². The second-order valence-corrected chi connectivity index (χ2v) is 4.21. The molecule has 1 fully saturated rings. The van der Waals surface area contributed by atoms with Crippen LogP contribution in [0.4, 0.5) is 4.39 Å². The average molecular weight is 232 g/mol. The maximum Gasteiger partial charge on any atom is 0.224 e. The van der Waals surface area contributed by atoms with Crippen molar-refractivity contribution in [2.24, 2.45) is 5.92 Å². The van der Waals surface area contributed by atoms with Gasteiger partial charge in [0.15, 0.2) is 0 Å². The van der Waals surface area contributed by atoms with Crippen molar-refractivity contribution >= 4 is 5.91 Å². The van der Waals surface area contributed by atoms with Crippen molar-refractivity contribution < 1.29 is 9.18 Å². The SMILES string of the molecule is N#CC1CC(=O)N(CCc2ccccc2F)C1. The second kappa shape index (κ2) is 4.96. The lowest BCUT2D eigenvalue weighted by molar-refractivity contribution is -0.127. The van der Waals surface area contributed by atoms with E-state index in [-0.39, 0.29) is 17.6 Å². The molecule has 0 aromatic heterocycles. The summed E-state index contributed by atoms with van der Waals surface area (Å²) < 4.78 is 13.3. The van der Waals surface area contributed by atoms with E-state index in [9.17, 15) is 9.18 Å². The van der Waals surface area contributed by atoms with Crippen LogP contribution in [-0.2, 0) is 11.2 Å². The minimum atomic E-state index is -0.240. The number of nitrogens with zero attached hydrogens (tertiary/aromatic N) is 2. The molecule has 2 rings (SSSR count). The molecule has 0 aliphatic carbocycles. The first kappa shape index (κ1) is 11.6. The van der Waals surface area contributed by atoms with Crippen LogP contribution in [0.25, 0.3) is 0 Å². The van der Waals surface area contributed by atoms with Gasteiger partial charge in [-0.05, 0) is 18.1 Å². The molecular formula is C13H13FN2O. The first-order valence-electron chi connectivity index (χ1n) is 5.61. The van der Waals surface area contributed by atoms with Crippen molar-refractivity contribution in [2.75, 3.05) is 13.1 Å². The van der Waals surface area contributed by atoms with Gasteiger partial charge in [0, 0.05) is 19.5 Å². The molecule has 1 aromatic rings. The molecule has 4 heteroatoms. The summed E-state index contributed by atoms with van der Waals surface area (Å²) >= 11 is 0. The van der Waals surface area contributed by atoms with E-state index in [1.54, 1.807) is 23.1 Å². The molecule has 3 nitrogen and oxygen atoms in total. The minimum Gasteiger partial charge on any atom is -0.341 e. The molecule has 88 valence electrons. The van der Waals surface area contributed by atoms with Gasteiger partial charge in [0.1, 0.15) is 5.82 Å². The number of likely N-dealkylation sites (tertiary alicyclic amines) is 1. The molecule has 0 saturated carbocycles. The summed E-state index contributed by atoms with van der Waals surface area (Å²) in [5.41, 5.74) is 0.612. The Balaban J connectivity index is 1.94. The lowest BCUT2D eigenvalue weighted by Gasteiger charge is -2.15. The fourth-order valence-corrected chi connectivity index (χ4v) is 2.03. The number of carbonyl (C=O) groups excluding carboxylic acids is 1. The van der Waals surface area contributed by atoms with Gasteiger partial charge in [0.05, 0.1) is 12.0 Å². The molecule has 1 aromatic carbocycles. The van der Waals surface area contributed by atoms with E-state index < -0.39 is 0 Å². The topological polar surface area (TPSA) is 44.1 Å². The average Bonchev–Trinajstić information content (AvgIpc) is 2.69. The zero-order valence-electron chi connectivity index (χ0n) is 9.40. The lowest BCUT2D eigenvalue weighted by Crippen LogP contribution is -2.27. The third kappa shape index (κ3) is 2.62. The van der Waals surface area contributed by atoms with Crippen molar-refractivity contribution in [1.29, 1.82) is 5.26 Å². The van der Waals surface area contributed by atoms with Crippen molar-refractivity contribution in [3.05, 3.63) is 35.6 Å². The number of carbonyl (C=O) groups is 1.